The second kappa shape index (κ2) is 6.19. The summed E-state index contributed by atoms with van der Waals surface area (Å²) in [5.74, 6) is 0. The summed E-state index contributed by atoms with van der Waals surface area (Å²) in [6, 6.07) is 10.6. The molecule has 0 spiro atoms. The second-order valence-electron chi connectivity index (χ2n) is 4.09. The van der Waals surface area contributed by atoms with E-state index in [1.54, 1.807) is 24.4 Å². The molecule has 20 heavy (non-hydrogen) atoms. The van der Waals surface area contributed by atoms with Crippen LogP contribution in [0.4, 0.5) is 13.2 Å². The molecule has 1 aromatic heterocycles. The van der Waals surface area contributed by atoms with E-state index in [0.29, 0.717) is 5.56 Å². The van der Waals surface area contributed by atoms with E-state index in [9.17, 15) is 13.2 Å². The number of rotatable bonds is 3. The first-order valence-electron chi connectivity index (χ1n) is 5.99. The number of nitrogens with zero attached hydrogens (tertiary/aromatic N) is 1. The lowest BCUT2D eigenvalue weighted by Crippen LogP contribution is -2.03. The van der Waals surface area contributed by atoms with E-state index in [1.807, 2.05) is 24.3 Å². The zero-order valence-corrected chi connectivity index (χ0v) is 10.5. The van der Waals surface area contributed by atoms with Gasteiger partial charge < -0.3 is 0 Å². The van der Waals surface area contributed by atoms with Crippen LogP contribution in [0, 0.1) is 0 Å². The number of allylic oxidation sites excluding steroid dienone is 2. The maximum Gasteiger partial charge on any atom is 0.416 e. The highest BCUT2D eigenvalue weighted by Gasteiger charge is 2.29. The monoisotopic (exact) mass is 275 g/mol. The van der Waals surface area contributed by atoms with Gasteiger partial charge in [0.1, 0.15) is 0 Å². The van der Waals surface area contributed by atoms with Gasteiger partial charge in [-0.2, -0.15) is 13.2 Å². The molecule has 1 nitrogen and oxygen atoms in total. The molecule has 4 heteroatoms. The van der Waals surface area contributed by atoms with Crippen LogP contribution < -0.4 is 0 Å². The van der Waals surface area contributed by atoms with Crippen molar-refractivity contribution in [3.63, 3.8) is 0 Å². The molecule has 2 rings (SSSR count). The molecule has 1 aromatic carbocycles. The summed E-state index contributed by atoms with van der Waals surface area (Å²) in [6.07, 6.45) is 4.51. The summed E-state index contributed by atoms with van der Waals surface area (Å²) in [7, 11) is 0. The predicted octanol–water partition coefficient (Wildman–Crippen LogP) is 4.83. The maximum absolute atomic E-state index is 12.4. The van der Waals surface area contributed by atoms with Gasteiger partial charge in [-0.25, -0.2) is 0 Å². The summed E-state index contributed by atoms with van der Waals surface area (Å²) in [5, 5.41) is 0. The second-order valence-corrected chi connectivity index (χ2v) is 4.09. The summed E-state index contributed by atoms with van der Waals surface area (Å²) >= 11 is 0. The van der Waals surface area contributed by atoms with Crippen molar-refractivity contribution in [2.45, 2.75) is 6.18 Å². The summed E-state index contributed by atoms with van der Waals surface area (Å²) < 4.78 is 37.1. The van der Waals surface area contributed by atoms with E-state index in [4.69, 9.17) is 0 Å². The van der Waals surface area contributed by atoms with Crippen molar-refractivity contribution >= 4 is 12.2 Å². The average molecular weight is 275 g/mol. The van der Waals surface area contributed by atoms with Gasteiger partial charge in [0.15, 0.2) is 0 Å². The van der Waals surface area contributed by atoms with Gasteiger partial charge in [0, 0.05) is 6.20 Å². The highest BCUT2D eigenvalue weighted by Crippen LogP contribution is 2.29. The van der Waals surface area contributed by atoms with E-state index in [2.05, 4.69) is 4.98 Å². The van der Waals surface area contributed by atoms with Gasteiger partial charge >= 0.3 is 6.18 Å². The Morgan fingerprint density at radius 2 is 1.55 bits per heavy atom. The molecule has 1 heterocycles. The first-order chi connectivity index (χ1) is 9.55. The Morgan fingerprint density at radius 1 is 0.850 bits per heavy atom. The number of benzene rings is 1. The van der Waals surface area contributed by atoms with Crippen LogP contribution in [-0.4, -0.2) is 4.98 Å². The highest BCUT2D eigenvalue weighted by atomic mass is 19.4. The third kappa shape index (κ3) is 4.09. The Bertz CT molecular complexity index is 596. The van der Waals surface area contributed by atoms with E-state index in [-0.39, 0.29) is 0 Å². The molecule has 0 bridgehead atoms. The number of hydrogen-bond acceptors (Lipinski definition) is 1. The lowest BCUT2D eigenvalue weighted by atomic mass is 10.1. The van der Waals surface area contributed by atoms with Gasteiger partial charge in [0.05, 0.1) is 11.3 Å². The van der Waals surface area contributed by atoms with Crippen molar-refractivity contribution in [3.8, 4) is 0 Å². The maximum atomic E-state index is 12.4. The third-order valence-corrected chi connectivity index (χ3v) is 2.59. The number of hydrogen-bond donors (Lipinski definition) is 0. The molecular weight excluding hydrogens is 263 g/mol. The zero-order chi connectivity index (χ0) is 14.4. The topological polar surface area (TPSA) is 12.9 Å². The van der Waals surface area contributed by atoms with Crippen molar-refractivity contribution in [3.05, 3.63) is 77.6 Å². The van der Waals surface area contributed by atoms with Crippen molar-refractivity contribution in [2.24, 2.45) is 0 Å². The Labute approximate surface area is 115 Å². The van der Waals surface area contributed by atoms with Crippen LogP contribution in [0.15, 0.2) is 60.8 Å². The smallest absolute Gasteiger partial charge is 0.257 e. The van der Waals surface area contributed by atoms with Gasteiger partial charge in [0.25, 0.3) is 0 Å². The Morgan fingerprint density at radius 3 is 2.15 bits per heavy atom. The van der Waals surface area contributed by atoms with Crippen LogP contribution in [0.25, 0.3) is 12.2 Å². The molecule has 0 radical (unpaired) electrons. The van der Waals surface area contributed by atoms with Gasteiger partial charge in [-0.05, 0) is 35.9 Å². The van der Waals surface area contributed by atoms with Crippen LogP contribution in [0.5, 0.6) is 0 Å². The molecule has 0 atom stereocenters. The van der Waals surface area contributed by atoms with Crippen LogP contribution in [0.3, 0.4) is 0 Å². The third-order valence-electron chi connectivity index (χ3n) is 2.59. The lowest BCUT2D eigenvalue weighted by molar-refractivity contribution is -0.137. The number of halogens is 3. The molecular formula is C16H12F3N. The fraction of sp³-hybridized carbons (Fsp3) is 0.0625. The van der Waals surface area contributed by atoms with Crippen molar-refractivity contribution in [2.75, 3.05) is 0 Å². The fourth-order valence-corrected chi connectivity index (χ4v) is 1.58. The minimum Gasteiger partial charge on any atom is -0.257 e. The molecule has 0 aliphatic carbocycles. The van der Waals surface area contributed by atoms with Crippen LogP contribution in [0.1, 0.15) is 16.8 Å². The van der Waals surface area contributed by atoms with Gasteiger partial charge in [-0.3, -0.25) is 4.98 Å². The number of aromatic nitrogens is 1. The molecule has 0 aliphatic heterocycles. The van der Waals surface area contributed by atoms with Crippen LogP contribution in [0.2, 0.25) is 0 Å². The molecule has 102 valence electrons. The molecule has 0 N–H and O–H groups in total. The minimum atomic E-state index is -4.29. The Hall–Kier alpha value is -2.36. The molecule has 0 saturated heterocycles. The van der Waals surface area contributed by atoms with Crippen molar-refractivity contribution < 1.29 is 13.2 Å². The van der Waals surface area contributed by atoms with Crippen molar-refractivity contribution in [1.82, 2.24) is 4.98 Å². The van der Waals surface area contributed by atoms with E-state index in [1.165, 1.54) is 12.1 Å². The minimum absolute atomic E-state index is 0.640. The van der Waals surface area contributed by atoms with Gasteiger partial charge in [-0.1, -0.05) is 36.4 Å². The molecule has 2 aromatic rings. The fourth-order valence-electron chi connectivity index (χ4n) is 1.58. The average Bonchev–Trinajstić information content (AvgIpc) is 2.44. The Kier molecular flexibility index (Phi) is 4.35. The standard InChI is InChI=1S/C16H12F3N/c17-16(18,19)14-10-8-13(9-11-14)5-1-2-6-15-7-3-4-12-20-15/h1-12H. The van der Waals surface area contributed by atoms with Crippen LogP contribution >= 0.6 is 0 Å². The molecule has 0 saturated carbocycles. The predicted molar refractivity (Wildman–Crippen MR) is 73.7 cm³/mol. The Balaban J connectivity index is 2.00. The molecule has 0 amide bonds. The normalized spacial score (nSPS) is 12.3. The number of pyridine rings is 1. The first kappa shape index (κ1) is 14.1. The quantitative estimate of drug-likeness (QED) is 0.731. The highest BCUT2D eigenvalue weighted by molar-refractivity contribution is 5.55. The lowest BCUT2D eigenvalue weighted by Gasteiger charge is -2.05. The molecule has 0 aliphatic rings. The summed E-state index contributed by atoms with van der Waals surface area (Å²) in [5.41, 5.74) is 0.895. The largest absolute Gasteiger partial charge is 0.416 e. The molecule has 0 fully saturated rings. The van der Waals surface area contributed by atoms with Crippen molar-refractivity contribution in [1.29, 1.82) is 0 Å². The van der Waals surface area contributed by atoms with E-state index < -0.39 is 11.7 Å². The van der Waals surface area contributed by atoms with E-state index >= 15 is 0 Å². The number of alkyl halides is 3. The SMILES string of the molecule is FC(F)(F)c1ccc(C=CC=Cc2ccccn2)cc1. The zero-order valence-electron chi connectivity index (χ0n) is 10.5. The first-order valence-corrected chi connectivity index (χ1v) is 5.99. The van der Waals surface area contributed by atoms with Gasteiger partial charge in [0.2, 0.25) is 0 Å². The van der Waals surface area contributed by atoms with Crippen LogP contribution in [-0.2, 0) is 6.18 Å². The van der Waals surface area contributed by atoms with Gasteiger partial charge in [-0.15, -0.1) is 0 Å². The summed E-state index contributed by atoms with van der Waals surface area (Å²) in [4.78, 5) is 4.12. The van der Waals surface area contributed by atoms with E-state index in [0.717, 1.165) is 17.8 Å². The summed E-state index contributed by atoms with van der Waals surface area (Å²) in [6.45, 7) is 0. The molecule has 0 unspecified atom stereocenters.